The van der Waals surface area contributed by atoms with Crippen molar-refractivity contribution in [1.82, 2.24) is 5.32 Å². The topological polar surface area (TPSA) is 55.1 Å². The Balaban J connectivity index is 2.01. The molecule has 1 aromatic rings. The number of primary amides is 1. The van der Waals surface area contributed by atoms with Gasteiger partial charge in [0, 0.05) is 21.2 Å². The van der Waals surface area contributed by atoms with Crippen LogP contribution in [-0.2, 0) is 4.79 Å². The summed E-state index contributed by atoms with van der Waals surface area (Å²) in [6.45, 7) is 1.89. The maximum absolute atomic E-state index is 11.6. The number of nitrogens with one attached hydrogen (secondary N) is 1. The van der Waals surface area contributed by atoms with E-state index in [1.165, 1.54) is 0 Å². The highest BCUT2D eigenvalue weighted by Gasteiger charge is 2.37. The maximum atomic E-state index is 11.6. The maximum Gasteiger partial charge on any atom is 0.238 e. The molecule has 3 N–H and O–H groups in total. The summed E-state index contributed by atoms with van der Waals surface area (Å²) in [7, 11) is 0. The van der Waals surface area contributed by atoms with Crippen molar-refractivity contribution >= 4 is 33.6 Å². The molecule has 0 aliphatic heterocycles. The summed E-state index contributed by atoms with van der Waals surface area (Å²) >= 11 is 5.15. The Morgan fingerprint density at radius 1 is 1.56 bits per heavy atom. The number of carbonyl (C=O) groups is 1. The van der Waals surface area contributed by atoms with Crippen molar-refractivity contribution in [2.45, 2.75) is 36.2 Å². The lowest BCUT2D eigenvalue weighted by molar-refractivity contribution is -0.123. The first-order valence-electron chi connectivity index (χ1n) is 5.96. The average molecular weight is 329 g/mol. The normalized spacial score (nSPS) is 18.3. The fourth-order valence-corrected chi connectivity index (χ4v) is 3.32. The molecule has 1 aromatic carbocycles. The summed E-state index contributed by atoms with van der Waals surface area (Å²) in [6.07, 6.45) is 2.28. The Morgan fingerprint density at radius 2 is 2.22 bits per heavy atom. The van der Waals surface area contributed by atoms with Crippen LogP contribution >= 0.6 is 27.7 Å². The van der Waals surface area contributed by atoms with Gasteiger partial charge in [0.2, 0.25) is 5.91 Å². The summed E-state index contributed by atoms with van der Waals surface area (Å²) in [5.41, 5.74) is 4.88. The van der Waals surface area contributed by atoms with Gasteiger partial charge in [-0.05, 0) is 47.8 Å². The molecular weight excluding hydrogens is 312 g/mol. The van der Waals surface area contributed by atoms with Crippen molar-refractivity contribution in [3.8, 4) is 0 Å². The van der Waals surface area contributed by atoms with Gasteiger partial charge in [-0.25, -0.2) is 0 Å². The summed E-state index contributed by atoms with van der Waals surface area (Å²) in [5, 5.41) is 3.35. The molecule has 1 amide bonds. The van der Waals surface area contributed by atoms with Gasteiger partial charge < -0.3 is 11.1 Å². The Labute approximate surface area is 120 Å². The van der Waals surface area contributed by atoms with Crippen molar-refractivity contribution in [3.05, 3.63) is 28.7 Å². The van der Waals surface area contributed by atoms with Gasteiger partial charge >= 0.3 is 0 Å². The van der Waals surface area contributed by atoms with E-state index in [0.29, 0.717) is 11.8 Å². The lowest BCUT2D eigenvalue weighted by Crippen LogP contribution is -2.55. The predicted molar refractivity (Wildman–Crippen MR) is 78.6 cm³/mol. The van der Waals surface area contributed by atoms with Gasteiger partial charge in [-0.1, -0.05) is 12.1 Å². The minimum Gasteiger partial charge on any atom is -0.368 e. The molecule has 0 aromatic heterocycles. The lowest BCUT2D eigenvalue weighted by atomic mass is 10.1. The van der Waals surface area contributed by atoms with E-state index in [9.17, 15) is 4.79 Å². The molecule has 0 heterocycles. The second-order valence-electron chi connectivity index (χ2n) is 4.83. The van der Waals surface area contributed by atoms with Crippen LogP contribution in [0.4, 0.5) is 0 Å². The summed E-state index contributed by atoms with van der Waals surface area (Å²) < 4.78 is 1.05. The number of amides is 1. The zero-order valence-corrected chi connectivity index (χ0v) is 12.7. The number of carbonyl (C=O) groups excluding carboxylic acids is 1. The molecule has 5 heteroatoms. The van der Waals surface area contributed by atoms with Crippen LogP contribution in [-0.4, -0.2) is 23.2 Å². The molecule has 1 aliphatic carbocycles. The molecule has 0 radical (unpaired) electrons. The van der Waals surface area contributed by atoms with E-state index in [-0.39, 0.29) is 5.91 Å². The zero-order chi connectivity index (χ0) is 13.2. The number of halogens is 1. The Hall–Kier alpha value is -0.520. The van der Waals surface area contributed by atoms with Gasteiger partial charge in [-0.3, -0.25) is 4.79 Å². The molecule has 1 saturated carbocycles. The number of thioether (sulfide) groups is 1. The summed E-state index contributed by atoms with van der Waals surface area (Å²) in [5.74, 6) is 0.357. The number of hydrogen-bond donors (Lipinski definition) is 2. The van der Waals surface area contributed by atoms with Crippen LogP contribution in [0.3, 0.4) is 0 Å². The van der Waals surface area contributed by atoms with Gasteiger partial charge in [-0.2, -0.15) is 0 Å². The van der Waals surface area contributed by atoms with Gasteiger partial charge in [0.1, 0.15) is 5.54 Å². The van der Waals surface area contributed by atoms with E-state index in [2.05, 4.69) is 21.2 Å². The first-order chi connectivity index (χ1) is 8.51. The van der Waals surface area contributed by atoms with Gasteiger partial charge in [0.15, 0.2) is 0 Å². The molecule has 2 rings (SSSR count). The Bertz CT molecular complexity index is 450. The van der Waals surface area contributed by atoms with E-state index in [1.807, 2.05) is 31.2 Å². The van der Waals surface area contributed by atoms with Crippen LogP contribution in [0.2, 0.25) is 0 Å². The van der Waals surface area contributed by atoms with E-state index in [1.54, 1.807) is 11.8 Å². The number of nitrogens with two attached hydrogens (primary N) is 1. The third-order valence-electron chi connectivity index (χ3n) is 3.00. The van der Waals surface area contributed by atoms with E-state index < -0.39 is 5.54 Å². The summed E-state index contributed by atoms with van der Waals surface area (Å²) in [4.78, 5) is 12.8. The van der Waals surface area contributed by atoms with Gasteiger partial charge in [0.25, 0.3) is 0 Å². The highest BCUT2D eigenvalue weighted by Crippen LogP contribution is 2.31. The monoisotopic (exact) mass is 328 g/mol. The third kappa shape index (κ3) is 3.49. The SMILES string of the molecule is CC(CSc1ccccc1Br)(NC1CC1)C(N)=O. The Kier molecular flexibility index (Phi) is 4.35. The van der Waals surface area contributed by atoms with Crippen LogP contribution in [0.25, 0.3) is 0 Å². The summed E-state index contributed by atoms with van der Waals surface area (Å²) in [6, 6.07) is 8.46. The number of benzene rings is 1. The molecular formula is C13H17BrN2OS. The van der Waals surface area contributed by atoms with Gasteiger partial charge in [0.05, 0.1) is 0 Å². The van der Waals surface area contributed by atoms with Crippen LogP contribution < -0.4 is 11.1 Å². The van der Waals surface area contributed by atoms with Crippen molar-refractivity contribution in [2.24, 2.45) is 5.73 Å². The largest absolute Gasteiger partial charge is 0.368 e. The van der Waals surface area contributed by atoms with Crippen LogP contribution in [0.5, 0.6) is 0 Å². The van der Waals surface area contributed by atoms with Crippen molar-refractivity contribution < 1.29 is 4.79 Å². The standard InChI is InChI=1S/C13H17BrN2OS/c1-13(12(15)17,16-9-6-7-9)8-18-11-5-3-2-4-10(11)14/h2-5,9,16H,6-8H2,1H3,(H2,15,17). The molecule has 3 nitrogen and oxygen atoms in total. The van der Waals surface area contributed by atoms with Crippen molar-refractivity contribution in [1.29, 1.82) is 0 Å². The lowest BCUT2D eigenvalue weighted by Gasteiger charge is -2.27. The zero-order valence-electron chi connectivity index (χ0n) is 10.3. The molecule has 0 saturated heterocycles. The molecule has 1 unspecified atom stereocenters. The first-order valence-corrected chi connectivity index (χ1v) is 7.74. The molecule has 18 heavy (non-hydrogen) atoms. The average Bonchev–Trinajstić information content (AvgIpc) is 3.11. The highest BCUT2D eigenvalue weighted by molar-refractivity contribution is 9.10. The van der Waals surface area contributed by atoms with Crippen molar-refractivity contribution in [3.63, 3.8) is 0 Å². The predicted octanol–water partition coefficient (Wildman–Crippen LogP) is 2.54. The van der Waals surface area contributed by atoms with Crippen LogP contribution in [0.15, 0.2) is 33.6 Å². The highest BCUT2D eigenvalue weighted by atomic mass is 79.9. The Morgan fingerprint density at radius 3 is 2.78 bits per heavy atom. The number of rotatable bonds is 6. The quantitative estimate of drug-likeness (QED) is 0.789. The molecule has 0 bridgehead atoms. The van der Waals surface area contributed by atoms with E-state index in [0.717, 1.165) is 22.2 Å². The smallest absolute Gasteiger partial charge is 0.238 e. The second-order valence-corrected chi connectivity index (χ2v) is 6.71. The molecule has 1 aliphatic rings. The minimum absolute atomic E-state index is 0.283. The van der Waals surface area contributed by atoms with Gasteiger partial charge in [-0.15, -0.1) is 11.8 Å². The van der Waals surface area contributed by atoms with E-state index in [4.69, 9.17) is 5.73 Å². The van der Waals surface area contributed by atoms with Crippen molar-refractivity contribution in [2.75, 3.05) is 5.75 Å². The third-order valence-corrected chi connectivity index (χ3v) is 5.34. The minimum atomic E-state index is -0.638. The molecule has 0 spiro atoms. The molecule has 1 atom stereocenters. The van der Waals surface area contributed by atoms with E-state index >= 15 is 0 Å². The first kappa shape index (κ1) is 13.9. The second kappa shape index (κ2) is 5.63. The van der Waals surface area contributed by atoms with Crippen LogP contribution in [0.1, 0.15) is 19.8 Å². The molecule has 1 fully saturated rings. The fraction of sp³-hybridized carbons (Fsp3) is 0.462. The molecule has 98 valence electrons. The number of hydrogen-bond acceptors (Lipinski definition) is 3. The van der Waals surface area contributed by atoms with Crippen LogP contribution in [0, 0.1) is 0 Å². The fourth-order valence-electron chi connectivity index (χ4n) is 1.65.